The SMILES string of the molecule is Cc1cc(C(=O)NCc2nc(C(=O)O)cs2)n[nH]1. The van der Waals surface area contributed by atoms with Crippen molar-refractivity contribution in [2.45, 2.75) is 13.5 Å². The number of aryl methyl sites for hydroxylation is 1. The molecular formula is C10H10N4O3S. The molecule has 0 bridgehead atoms. The molecule has 8 heteroatoms. The number of thiazole rings is 1. The summed E-state index contributed by atoms with van der Waals surface area (Å²) in [4.78, 5) is 26.1. The minimum absolute atomic E-state index is 0.0140. The standard InChI is InChI=1S/C10H10N4O3S/c1-5-2-6(14-13-5)9(15)11-3-8-12-7(4-18-8)10(16)17/h2,4H,3H2,1H3,(H,11,15)(H,13,14)(H,16,17). The number of nitrogens with zero attached hydrogens (tertiary/aromatic N) is 2. The lowest BCUT2D eigenvalue weighted by molar-refractivity contribution is 0.0691. The van der Waals surface area contributed by atoms with Gasteiger partial charge >= 0.3 is 5.97 Å². The third-order valence-corrected chi connectivity index (χ3v) is 2.96. The molecule has 1 amide bonds. The lowest BCUT2D eigenvalue weighted by Gasteiger charge is -1.98. The molecule has 2 aromatic heterocycles. The van der Waals surface area contributed by atoms with Gasteiger partial charge in [-0.15, -0.1) is 11.3 Å². The van der Waals surface area contributed by atoms with E-state index in [1.807, 2.05) is 0 Å². The fraction of sp³-hybridized carbons (Fsp3) is 0.200. The van der Waals surface area contributed by atoms with Gasteiger partial charge in [0, 0.05) is 11.1 Å². The number of carboxylic acids is 1. The molecule has 2 aromatic rings. The zero-order valence-electron chi connectivity index (χ0n) is 9.43. The van der Waals surface area contributed by atoms with E-state index in [1.165, 1.54) is 16.7 Å². The van der Waals surface area contributed by atoms with Crippen LogP contribution in [0.2, 0.25) is 0 Å². The van der Waals surface area contributed by atoms with Crippen LogP contribution in [-0.2, 0) is 6.54 Å². The molecule has 0 spiro atoms. The van der Waals surface area contributed by atoms with Gasteiger partial charge in [0.1, 0.15) is 10.7 Å². The Labute approximate surface area is 106 Å². The van der Waals surface area contributed by atoms with Crippen molar-refractivity contribution in [1.29, 1.82) is 0 Å². The van der Waals surface area contributed by atoms with Crippen molar-refractivity contribution in [2.75, 3.05) is 0 Å². The molecule has 0 unspecified atom stereocenters. The number of rotatable bonds is 4. The minimum Gasteiger partial charge on any atom is -0.476 e. The van der Waals surface area contributed by atoms with E-state index >= 15 is 0 Å². The summed E-state index contributed by atoms with van der Waals surface area (Å²) in [5, 5.41) is 19.8. The van der Waals surface area contributed by atoms with Crippen LogP contribution in [0, 0.1) is 6.92 Å². The van der Waals surface area contributed by atoms with E-state index in [2.05, 4.69) is 20.5 Å². The maximum absolute atomic E-state index is 11.6. The number of carboxylic acid groups (broad SMARTS) is 1. The Morgan fingerprint density at radius 3 is 2.83 bits per heavy atom. The number of carbonyl (C=O) groups is 2. The summed E-state index contributed by atoms with van der Waals surface area (Å²) in [6, 6.07) is 1.62. The Balaban J connectivity index is 1.95. The molecule has 0 aliphatic carbocycles. The van der Waals surface area contributed by atoms with Crippen molar-refractivity contribution in [3.63, 3.8) is 0 Å². The normalized spacial score (nSPS) is 10.3. The zero-order valence-corrected chi connectivity index (χ0v) is 10.2. The molecule has 18 heavy (non-hydrogen) atoms. The van der Waals surface area contributed by atoms with Crippen LogP contribution in [0.1, 0.15) is 31.7 Å². The van der Waals surface area contributed by atoms with E-state index in [1.54, 1.807) is 13.0 Å². The largest absolute Gasteiger partial charge is 0.476 e. The van der Waals surface area contributed by atoms with Crippen molar-refractivity contribution in [1.82, 2.24) is 20.5 Å². The zero-order chi connectivity index (χ0) is 13.1. The Morgan fingerprint density at radius 2 is 2.28 bits per heavy atom. The molecule has 2 heterocycles. The quantitative estimate of drug-likeness (QED) is 0.758. The maximum atomic E-state index is 11.6. The van der Waals surface area contributed by atoms with E-state index in [0.717, 1.165) is 5.69 Å². The van der Waals surface area contributed by atoms with Gasteiger partial charge in [-0.3, -0.25) is 9.89 Å². The molecule has 0 radical (unpaired) electrons. The number of H-pyrrole nitrogens is 1. The number of aromatic nitrogens is 3. The Kier molecular flexibility index (Phi) is 3.38. The molecule has 0 aliphatic rings. The van der Waals surface area contributed by atoms with Crippen LogP contribution in [-0.4, -0.2) is 32.2 Å². The van der Waals surface area contributed by atoms with Gasteiger partial charge in [-0.2, -0.15) is 5.10 Å². The summed E-state index contributed by atoms with van der Waals surface area (Å²) in [7, 11) is 0. The molecular weight excluding hydrogens is 256 g/mol. The minimum atomic E-state index is -1.08. The Morgan fingerprint density at radius 1 is 1.50 bits per heavy atom. The molecule has 0 saturated carbocycles. The lowest BCUT2D eigenvalue weighted by Crippen LogP contribution is -2.23. The predicted octanol–water partition coefficient (Wildman–Crippen LogP) is 0.803. The fourth-order valence-corrected chi connectivity index (χ4v) is 1.98. The van der Waals surface area contributed by atoms with Crippen LogP contribution in [0.4, 0.5) is 0 Å². The first-order valence-corrected chi connectivity index (χ1v) is 5.92. The highest BCUT2D eigenvalue weighted by atomic mass is 32.1. The molecule has 3 N–H and O–H groups in total. The third-order valence-electron chi connectivity index (χ3n) is 2.11. The van der Waals surface area contributed by atoms with Crippen LogP contribution in [0.25, 0.3) is 0 Å². The molecule has 0 fully saturated rings. The van der Waals surface area contributed by atoms with Gasteiger partial charge in [0.05, 0.1) is 6.54 Å². The van der Waals surface area contributed by atoms with Gasteiger partial charge < -0.3 is 10.4 Å². The summed E-state index contributed by atoms with van der Waals surface area (Å²) < 4.78 is 0. The highest BCUT2D eigenvalue weighted by Crippen LogP contribution is 2.09. The first kappa shape index (κ1) is 12.2. The topological polar surface area (TPSA) is 108 Å². The second-order valence-corrected chi connectivity index (χ2v) is 4.49. The lowest BCUT2D eigenvalue weighted by atomic mass is 10.3. The summed E-state index contributed by atoms with van der Waals surface area (Å²) >= 11 is 1.19. The average molecular weight is 266 g/mol. The van der Waals surface area contributed by atoms with E-state index in [0.29, 0.717) is 10.7 Å². The first-order valence-electron chi connectivity index (χ1n) is 5.04. The van der Waals surface area contributed by atoms with Crippen LogP contribution in [0.3, 0.4) is 0 Å². The number of hydrogen-bond donors (Lipinski definition) is 3. The average Bonchev–Trinajstić information content (AvgIpc) is 2.94. The summed E-state index contributed by atoms with van der Waals surface area (Å²) in [5.41, 5.74) is 1.07. The number of hydrogen-bond acceptors (Lipinski definition) is 5. The molecule has 0 aliphatic heterocycles. The number of aromatic carboxylic acids is 1. The second-order valence-electron chi connectivity index (χ2n) is 3.55. The monoisotopic (exact) mass is 266 g/mol. The number of aromatic amines is 1. The van der Waals surface area contributed by atoms with Crippen LogP contribution in [0.5, 0.6) is 0 Å². The van der Waals surface area contributed by atoms with Gasteiger partial charge in [-0.1, -0.05) is 0 Å². The number of carbonyl (C=O) groups excluding carboxylic acids is 1. The van der Waals surface area contributed by atoms with E-state index < -0.39 is 5.97 Å². The number of nitrogens with one attached hydrogen (secondary N) is 2. The Hall–Kier alpha value is -2.22. The van der Waals surface area contributed by atoms with Crippen LogP contribution in [0.15, 0.2) is 11.4 Å². The van der Waals surface area contributed by atoms with Crippen molar-refractivity contribution < 1.29 is 14.7 Å². The van der Waals surface area contributed by atoms with Gasteiger partial charge in [0.25, 0.3) is 5.91 Å². The van der Waals surface area contributed by atoms with Gasteiger partial charge in [0.15, 0.2) is 5.69 Å². The van der Waals surface area contributed by atoms with Gasteiger partial charge in [0.2, 0.25) is 0 Å². The maximum Gasteiger partial charge on any atom is 0.355 e. The molecule has 2 rings (SSSR count). The third kappa shape index (κ3) is 2.72. The smallest absolute Gasteiger partial charge is 0.355 e. The summed E-state index contributed by atoms with van der Waals surface area (Å²) in [6.45, 7) is 1.98. The second kappa shape index (κ2) is 4.96. The van der Waals surface area contributed by atoms with Crippen LogP contribution >= 0.6 is 11.3 Å². The van der Waals surface area contributed by atoms with Gasteiger partial charge in [-0.05, 0) is 13.0 Å². The molecule has 0 atom stereocenters. The molecule has 94 valence electrons. The van der Waals surface area contributed by atoms with Crippen molar-refractivity contribution in [3.8, 4) is 0 Å². The van der Waals surface area contributed by atoms with E-state index in [4.69, 9.17) is 5.11 Å². The highest BCUT2D eigenvalue weighted by Gasteiger charge is 2.11. The van der Waals surface area contributed by atoms with Crippen LogP contribution < -0.4 is 5.32 Å². The van der Waals surface area contributed by atoms with Crippen molar-refractivity contribution in [2.24, 2.45) is 0 Å². The summed E-state index contributed by atoms with van der Waals surface area (Å²) in [5.74, 6) is -1.40. The van der Waals surface area contributed by atoms with E-state index in [-0.39, 0.29) is 18.1 Å². The summed E-state index contributed by atoms with van der Waals surface area (Å²) in [6.07, 6.45) is 0. The van der Waals surface area contributed by atoms with Crippen molar-refractivity contribution in [3.05, 3.63) is 33.5 Å². The molecule has 0 saturated heterocycles. The van der Waals surface area contributed by atoms with E-state index in [9.17, 15) is 9.59 Å². The first-order chi connectivity index (χ1) is 8.56. The van der Waals surface area contributed by atoms with Crippen molar-refractivity contribution >= 4 is 23.2 Å². The Bertz CT molecular complexity index is 589. The number of amides is 1. The molecule has 0 aromatic carbocycles. The highest BCUT2D eigenvalue weighted by molar-refractivity contribution is 7.09. The predicted molar refractivity (Wildman–Crippen MR) is 63.6 cm³/mol. The van der Waals surface area contributed by atoms with Gasteiger partial charge in [-0.25, -0.2) is 9.78 Å². The molecule has 7 nitrogen and oxygen atoms in total. The fourth-order valence-electron chi connectivity index (χ4n) is 1.27.